The summed E-state index contributed by atoms with van der Waals surface area (Å²) in [6, 6.07) is 7.98. The average molecular weight is 298 g/mol. The molecule has 1 aromatic heterocycles. The van der Waals surface area contributed by atoms with Crippen LogP contribution in [0.1, 0.15) is 23.6 Å². The van der Waals surface area contributed by atoms with Crippen molar-refractivity contribution in [2.75, 3.05) is 0 Å². The summed E-state index contributed by atoms with van der Waals surface area (Å²) in [7, 11) is 0. The normalized spacial score (nSPS) is 12.8. The summed E-state index contributed by atoms with van der Waals surface area (Å²) in [5.74, 6) is 0. The van der Waals surface area contributed by atoms with Gasteiger partial charge in [0, 0.05) is 10.0 Å². The summed E-state index contributed by atoms with van der Waals surface area (Å²) < 4.78 is 1.03. The highest BCUT2D eigenvalue weighted by atomic mass is 79.9. The average Bonchev–Trinajstić information content (AvgIpc) is 2.61. The molecule has 2 rings (SSSR count). The minimum absolute atomic E-state index is 0.450. The zero-order chi connectivity index (χ0) is 11.7. The smallest absolute Gasteiger partial charge is 0.125 e. The molecule has 2 nitrogen and oxygen atoms in total. The van der Waals surface area contributed by atoms with Gasteiger partial charge in [-0.2, -0.15) is 0 Å². The summed E-state index contributed by atoms with van der Waals surface area (Å²) in [5.41, 5.74) is 1.98. The lowest BCUT2D eigenvalue weighted by molar-refractivity contribution is 0.202. The summed E-state index contributed by atoms with van der Waals surface area (Å²) in [4.78, 5) is 5.43. The zero-order valence-electron chi connectivity index (χ0n) is 9.07. The first kappa shape index (κ1) is 11.8. The van der Waals surface area contributed by atoms with E-state index >= 15 is 0 Å². The van der Waals surface area contributed by atoms with Crippen LogP contribution >= 0.6 is 27.3 Å². The first-order valence-corrected chi connectivity index (χ1v) is 6.61. The molecule has 0 bridgehead atoms. The molecule has 0 amide bonds. The van der Waals surface area contributed by atoms with Crippen molar-refractivity contribution in [3.63, 3.8) is 0 Å². The van der Waals surface area contributed by atoms with Crippen LogP contribution in [-0.2, 0) is 0 Å². The van der Waals surface area contributed by atoms with E-state index in [1.54, 1.807) is 18.3 Å². The molecule has 1 atom stereocenters. The molecule has 0 fully saturated rings. The summed E-state index contributed by atoms with van der Waals surface area (Å²) >= 11 is 5.05. The van der Waals surface area contributed by atoms with Gasteiger partial charge in [0.15, 0.2) is 0 Å². The fourth-order valence-corrected chi connectivity index (χ4v) is 3.19. The minimum atomic E-state index is -0.450. The maximum Gasteiger partial charge on any atom is 0.125 e. The van der Waals surface area contributed by atoms with Crippen LogP contribution in [0.4, 0.5) is 0 Å². The molecule has 1 heterocycles. The molecule has 84 valence electrons. The molecule has 2 aromatic rings. The Morgan fingerprint density at radius 1 is 1.38 bits per heavy atom. The standard InChI is InChI=1S/C12H12BrNOS/c1-7-11(8(2)15)16-12(14-7)9-5-3-4-6-10(9)13/h3-6,8,15H,1-2H3/t8-/m0/s1. The molecule has 16 heavy (non-hydrogen) atoms. The molecule has 0 radical (unpaired) electrons. The van der Waals surface area contributed by atoms with E-state index in [1.807, 2.05) is 31.2 Å². The molecule has 0 aliphatic heterocycles. The molecule has 0 unspecified atom stereocenters. The van der Waals surface area contributed by atoms with Crippen molar-refractivity contribution in [3.8, 4) is 10.6 Å². The van der Waals surface area contributed by atoms with Crippen molar-refractivity contribution in [1.82, 2.24) is 4.98 Å². The number of aryl methyl sites for hydroxylation is 1. The SMILES string of the molecule is Cc1nc(-c2ccccc2Br)sc1[C@H](C)O. The predicted molar refractivity (Wildman–Crippen MR) is 70.6 cm³/mol. The minimum Gasteiger partial charge on any atom is -0.388 e. The van der Waals surface area contributed by atoms with Crippen LogP contribution in [0.5, 0.6) is 0 Å². The van der Waals surface area contributed by atoms with Gasteiger partial charge >= 0.3 is 0 Å². The number of thiazole rings is 1. The Labute approximate surface area is 107 Å². The van der Waals surface area contributed by atoms with Crippen molar-refractivity contribution in [2.45, 2.75) is 20.0 Å². The van der Waals surface area contributed by atoms with Gasteiger partial charge in [0.05, 0.1) is 16.7 Å². The molecule has 4 heteroatoms. The fourth-order valence-electron chi connectivity index (χ4n) is 1.55. The van der Waals surface area contributed by atoms with E-state index in [1.165, 1.54) is 0 Å². The lowest BCUT2D eigenvalue weighted by Crippen LogP contribution is -1.88. The van der Waals surface area contributed by atoms with Gasteiger partial charge in [0.25, 0.3) is 0 Å². The van der Waals surface area contributed by atoms with Crippen LogP contribution < -0.4 is 0 Å². The second-order valence-electron chi connectivity index (χ2n) is 3.62. The molecule has 0 aliphatic carbocycles. The quantitative estimate of drug-likeness (QED) is 0.911. The number of aliphatic hydroxyl groups excluding tert-OH is 1. The number of aliphatic hydroxyl groups is 1. The fraction of sp³-hybridized carbons (Fsp3) is 0.250. The van der Waals surface area contributed by atoms with Gasteiger partial charge in [-0.15, -0.1) is 11.3 Å². The van der Waals surface area contributed by atoms with E-state index in [4.69, 9.17) is 0 Å². The second kappa shape index (κ2) is 4.65. The van der Waals surface area contributed by atoms with E-state index in [-0.39, 0.29) is 0 Å². The molecule has 0 saturated carbocycles. The van der Waals surface area contributed by atoms with Gasteiger partial charge in [-0.3, -0.25) is 0 Å². The molecule has 0 spiro atoms. The van der Waals surface area contributed by atoms with Crippen LogP contribution in [0.2, 0.25) is 0 Å². The Morgan fingerprint density at radius 3 is 2.62 bits per heavy atom. The molecular formula is C12H12BrNOS. The van der Waals surface area contributed by atoms with Gasteiger partial charge in [-0.05, 0) is 19.9 Å². The third kappa shape index (κ3) is 2.19. The van der Waals surface area contributed by atoms with E-state index in [0.29, 0.717) is 0 Å². The third-order valence-electron chi connectivity index (χ3n) is 2.32. The zero-order valence-corrected chi connectivity index (χ0v) is 11.5. The lowest BCUT2D eigenvalue weighted by atomic mass is 10.2. The number of aromatic nitrogens is 1. The Kier molecular flexibility index (Phi) is 3.42. The van der Waals surface area contributed by atoms with Gasteiger partial charge in [0.1, 0.15) is 5.01 Å². The maximum atomic E-state index is 9.59. The number of benzene rings is 1. The third-order valence-corrected chi connectivity index (χ3v) is 4.37. The van der Waals surface area contributed by atoms with Gasteiger partial charge in [0.2, 0.25) is 0 Å². The Hall–Kier alpha value is -0.710. The molecule has 0 saturated heterocycles. The summed E-state index contributed by atoms with van der Waals surface area (Å²) in [6.07, 6.45) is -0.450. The second-order valence-corrected chi connectivity index (χ2v) is 5.51. The molecule has 0 aliphatic rings. The van der Waals surface area contributed by atoms with Crippen LogP contribution in [-0.4, -0.2) is 10.1 Å². The van der Waals surface area contributed by atoms with Gasteiger partial charge in [-0.25, -0.2) is 4.98 Å². The largest absolute Gasteiger partial charge is 0.388 e. The highest BCUT2D eigenvalue weighted by Crippen LogP contribution is 2.35. The number of rotatable bonds is 2. The van der Waals surface area contributed by atoms with Gasteiger partial charge < -0.3 is 5.11 Å². The summed E-state index contributed by atoms with van der Waals surface area (Å²) in [6.45, 7) is 3.70. The predicted octanol–water partition coefficient (Wildman–Crippen LogP) is 3.93. The molecular weight excluding hydrogens is 286 g/mol. The van der Waals surface area contributed by atoms with Crippen molar-refractivity contribution < 1.29 is 5.11 Å². The number of halogens is 1. The van der Waals surface area contributed by atoms with Crippen LogP contribution in [0.25, 0.3) is 10.6 Å². The van der Waals surface area contributed by atoms with E-state index in [9.17, 15) is 5.11 Å². The van der Waals surface area contributed by atoms with E-state index in [0.717, 1.165) is 25.6 Å². The van der Waals surface area contributed by atoms with Crippen molar-refractivity contribution in [3.05, 3.63) is 39.3 Å². The summed E-state index contributed by atoms with van der Waals surface area (Å²) in [5, 5.41) is 10.5. The topological polar surface area (TPSA) is 33.1 Å². The van der Waals surface area contributed by atoms with E-state index in [2.05, 4.69) is 20.9 Å². The molecule has 1 N–H and O–H groups in total. The first-order chi connectivity index (χ1) is 7.59. The first-order valence-electron chi connectivity index (χ1n) is 5.00. The van der Waals surface area contributed by atoms with Crippen molar-refractivity contribution in [2.24, 2.45) is 0 Å². The number of hydrogen-bond acceptors (Lipinski definition) is 3. The van der Waals surface area contributed by atoms with E-state index < -0.39 is 6.10 Å². The number of hydrogen-bond donors (Lipinski definition) is 1. The highest BCUT2D eigenvalue weighted by molar-refractivity contribution is 9.10. The highest BCUT2D eigenvalue weighted by Gasteiger charge is 2.14. The van der Waals surface area contributed by atoms with Crippen molar-refractivity contribution >= 4 is 27.3 Å². The van der Waals surface area contributed by atoms with Crippen LogP contribution in [0.15, 0.2) is 28.7 Å². The van der Waals surface area contributed by atoms with Crippen LogP contribution in [0.3, 0.4) is 0 Å². The van der Waals surface area contributed by atoms with Crippen molar-refractivity contribution in [1.29, 1.82) is 0 Å². The maximum absolute atomic E-state index is 9.59. The van der Waals surface area contributed by atoms with Crippen LogP contribution in [0, 0.1) is 6.92 Å². The molecule has 1 aromatic carbocycles. The Morgan fingerprint density at radius 2 is 2.06 bits per heavy atom. The lowest BCUT2D eigenvalue weighted by Gasteiger charge is -1.99. The Balaban J connectivity index is 2.50. The number of nitrogens with zero attached hydrogens (tertiary/aromatic N) is 1. The monoisotopic (exact) mass is 297 g/mol. The van der Waals surface area contributed by atoms with Gasteiger partial charge in [-0.1, -0.05) is 34.1 Å². The Bertz CT molecular complexity index is 507.